The first-order chi connectivity index (χ1) is 13.1. The Bertz CT molecular complexity index is 907. The molecule has 0 spiro atoms. The van der Waals surface area contributed by atoms with Crippen molar-refractivity contribution < 1.29 is 31.2 Å². The maximum atomic E-state index is 15.0. The van der Waals surface area contributed by atoms with Gasteiger partial charge in [0.15, 0.2) is 27.3 Å². The first-order valence-corrected chi connectivity index (χ1v) is 10.7. The van der Waals surface area contributed by atoms with Crippen molar-refractivity contribution in [3.05, 3.63) is 17.6 Å². The summed E-state index contributed by atoms with van der Waals surface area (Å²) < 4.78 is 68.4. The Labute approximate surface area is 160 Å². The van der Waals surface area contributed by atoms with Crippen molar-refractivity contribution in [2.24, 2.45) is 0 Å². The Morgan fingerprint density at radius 2 is 1.71 bits per heavy atom. The van der Waals surface area contributed by atoms with E-state index < -0.39 is 62.2 Å². The van der Waals surface area contributed by atoms with Gasteiger partial charge in [-0.25, -0.2) is 17.2 Å². The fraction of sp³-hybridized carbons (Fsp3) is 0.588. The molecule has 28 heavy (non-hydrogen) atoms. The molecule has 2 fully saturated rings. The second-order valence-corrected chi connectivity index (χ2v) is 9.03. The average molecular weight is 419 g/mol. The summed E-state index contributed by atoms with van der Waals surface area (Å²) in [6, 6.07) is -0.212. The van der Waals surface area contributed by atoms with Gasteiger partial charge in [-0.15, -0.1) is 0 Å². The zero-order valence-electron chi connectivity index (χ0n) is 15.3. The normalized spacial score (nSPS) is 20.9. The monoisotopic (exact) mass is 419 g/mol. The van der Waals surface area contributed by atoms with Crippen molar-refractivity contribution in [3.8, 4) is 0 Å². The van der Waals surface area contributed by atoms with Crippen LogP contribution in [-0.2, 0) is 19.4 Å². The molecule has 154 valence electrons. The highest BCUT2D eigenvalue weighted by Gasteiger charge is 2.36. The second kappa shape index (κ2) is 7.69. The van der Waals surface area contributed by atoms with Crippen LogP contribution < -0.4 is 4.90 Å². The van der Waals surface area contributed by atoms with Crippen LogP contribution in [0.2, 0.25) is 0 Å². The average Bonchev–Trinajstić information content (AvgIpc) is 2.95. The first kappa shape index (κ1) is 20.6. The van der Waals surface area contributed by atoms with Gasteiger partial charge >= 0.3 is 0 Å². The van der Waals surface area contributed by atoms with Crippen LogP contribution in [0.1, 0.15) is 39.0 Å². The molecule has 0 radical (unpaired) electrons. The molecule has 7 nitrogen and oxygen atoms in total. The molecule has 3 heterocycles. The summed E-state index contributed by atoms with van der Waals surface area (Å²) in [5, 5.41) is 0. The number of piperidine rings is 1. The van der Waals surface area contributed by atoms with Crippen LogP contribution in [0.3, 0.4) is 0 Å². The molecule has 0 unspecified atom stereocenters. The highest BCUT2D eigenvalue weighted by atomic mass is 32.2. The molecule has 1 aromatic heterocycles. The van der Waals surface area contributed by atoms with Crippen molar-refractivity contribution in [3.63, 3.8) is 0 Å². The van der Waals surface area contributed by atoms with Crippen molar-refractivity contribution in [1.29, 1.82) is 0 Å². The number of rotatable bonds is 5. The number of imide groups is 1. The summed E-state index contributed by atoms with van der Waals surface area (Å²) in [5.41, 5.74) is 0. The lowest BCUT2D eigenvalue weighted by Gasteiger charge is -2.34. The van der Waals surface area contributed by atoms with E-state index >= 15 is 0 Å². The van der Waals surface area contributed by atoms with E-state index in [0.29, 0.717) is 19.4 Å². The van der Waals surface area contributed by atoms with Gasteiger partial charge in [0.1, 0.15) is 4.90 Å². The standard InChI is InChI=1S/C17H20F3N3O4S/c1-10-4-2-3-7-22(10)17-14(19)15(13(18)16(20)21-17)28(26,27)9-8-23-11(24)5-6-12(23)25/h10H,2-9H2,1H3/t10-/m0/s1. The largest absolute Gasteiger partial charge is 0.351 e. The minimum absolute atomic E-state index is 0.0392. The van der Waals surface area contributed by atoms with Gasteiger partial charge in [-0.3, -0.25) is 14.5 Å². The number of likely N-dealkylation sites (tertiary alicyclic amines) is 1. The van der Waals surface area contributed by atoms with Crippen LogP contribution in [0.15, 0.2) is 4.90 Å². The molecule has 0 bridgehead atoms. The van der Waals surface area contributed by atoms with Crippen LogP contribution in [-0.4, -0.2) is 55.0 Å². The Balaban J connectivity index is 1.95. The number of sulfone groups is 1. The molecule has 1 atom stereocenters. The number of anilines is 1. The van der Waals surface area contributed by atoms with E-state index in [9.17, 15) is 31.2 Å². The van der Waals surface area contributed by atoms with Crippen molar-refractivity contribution in [2.45, 2.75) is 50.0 Å². The summed E-state index contributed by atoms with van der Waals surface area (Å²) >= 11 is 0. The van der Waals surface area contributed by atoms with Gasteiger partial charge in [0.2, 0.25) is 11.8 Å². The lowest BCUT2D eigenvalue weighted by molar-refractivity contribution is -0.137. The fourth-order valence-electron chi connectivity index (χ4n) is 3.54. The second-order valence-electron chi connectivity index (χ2n) is 6.98. The third kappa shape index (κ3) is 3.71. The molecule has 0 aliphatic carbocycles. The van der Waals surface area contributed by atoms with E-state index in [1.807, 2.05) is 0 Å². The zero-order valence-corrected chi connectivity index (χ0v) is 16.1. The molecule has 2 amide bonds. The number of pyridine rings is 1. The molecule has 2 saturated heterocycles. The molecule has 3 rings (SSSR count). The molecule has 1 aromatic rings. The van der Waals surface area contributed by atoms with E-state index in [1.54, 1.807) is 6.92 Å². The van der Waals surface area contributed by atoms with Crippen LogP contribution >= 0.6 is 0 Å². The Kier molecular flexibility index (Phi) is 5.64. The predicted octanol–water partition coefficient (Wildman–Crippen LogP) is 1.80. The maximum Gasteiger partial charge on any atom is 0.252 e. The number of amides is 2. The minimum Gasteiger partial charge on any atom is -0.351 e. The van der Waals surface area contributed by atoms with Gasteiger partial charge in [-0.05, 0) is 26.2 Å². The third-order valence-corrected chi connectivity index (χ3v) is 6.81. The first-order valence-electron chi connectivity index (χ1n) is 9.00. The number of hydrogen-bond donors (Lipinski definition) is 0. The predicted molar refractivity (Wildman–Crippen MR) is 92.8 cm³/mol. The molecule has 2 aliphatic heterocycles. The number of carbonyl (C=O) groups is 2. The smallest absolute Gasteiger partial charge is 0.252 e. The summed E-state index contributed by atoms with van der Waals surface area (Å²) in [6.07, 6.45) is 2.17. The van der Waals surface area contributed by atoms with Gasteiger partial charge in [0, 0.05) is 32.0 Å². The zero-order chi connectivity index (χ0) is 20.6. The van der Waals surface area contributed by atoms with Crippen LogP contribution in [0.4, 0.5) is 19.0 Å². The minimum atomic E-state index is -4.66. The SMILES string of the molecule is C[C@H]1CCCCN1c1nc(F)c(F)c(S(=O)(=O)CCN2C(=O)CCC2=O)c1F. The van der Waals surface area contributed by atoms with E-state index in [1.165, 1.54) is 4.90 Å². The van der Waals surface area contributed by atoms with Gasteiger partial charge in [-0.1, -0.05) is 0 Å². The molecule has 0 N–H and O–H groups in total. The lowest BCUT2D eigenvalue weighted by atomic mass is 10.0. The number of aromatic nitrogens is 1. The number of halogens is 3. The molecule has 2 aliphatic rings. The van der Waals surface area contributed by atoms with E-state index in [2.05, 4.69) is 4.98 Å². The molecule has 0 aromatic carbocycles. The highest BCUT2D eigenvalue weighted by Crippen LogP contribution is 2.32. The van der Waals surface area contributed by atoms with Gasteiger partial charge in [-0.2, -0.15) is 9.37 Å². The molecule has 0 saturated carbocycles. The van der Waals surface area contributed by atoms with Crippen LogP contribution in [0, 0.1) is 17.6 Å². The Morgan fingerprint density at radius 3 is 2.32 bits per heavy atom. The van der Waals surface area contributed by atoms with Crippen molar-refractivity contribution >= 4 is 27.5 Å². The topological polar surface area (TPSA) is 87.7 Å². The Hall–Kier alpha value is -2.17. The van der Waals surface area contributed by atoms with Gasteiger partial charge < -0.3 is 4.90 Å². The summed E-state index contributed by atoms with van der Waals surface area (Å²) in [5.74, 6) is -7.61. The third-order valence-electron chi connectivity index (χ3n) is 5.10. The number of carbonyl (C=O) groups excluding carboxylic acids is 2. The Morgan fingerprint density at radius 1 is 1.07 bits per heavy atom. The summed E-state index contributed by atoms with van der Waals surface area (Å²) in [7, 11) is -4.66. The van der Waals surface area contributed by atoms with E-state index in [0.717, 1.165) is 11.3 Å². The fourth-order valence-corrected chi connectivity index (χ4v) is 4.89. The number of hydrogen-bond acceptors (Lipinski definition) is 6. The number of nitrogens with zero attached hydrogens (tertiary/aromatic N) is 3. The van der Waals surface area contributed by atoms with E-state index in [-0.39, 0.29) is 18.9 Å². The molecular formula is C17H20F3N3O4S. The van der Waals surface area contributed by atoms with Crippen LogP contribution in [0.25, 0.3) is 0 Å². The van der Waals surface area contributed by atoms with Gasteiger partial charge in [0.25, 0.3) is 5.95 Å². The lowest BCUT2D eigenvalue weighted by Crippen LogP contribution is -2.39. The highest BCUT2D eigenvalue weighted by molar-refractivity contribution is 7.91. The van der Waals surface area contributed by atoms with Crippen molar-refractivity contribution in [2.75, 3.05) is 23.7 Å². The molecule has 11 heteroatoms. The summed E-state index contributed by atoms with van der Waals surface area (Å²) in [4.78, 5) is 27.3. The van der Waals surface area contributed by atoms with Crippen LogP contribution in [0.5, 0.6) is 0 Å². The van der Waals surface area contributed by atoms with Crippen molar-refractivity contribution in [1.82, 2.24) is 9.88 Å². The molecular weight excluding hydrogens is 399 g/mol. The quantitative estimate of drug-likeness (QED) is 0.534. The summed E-state index contributed by atoms with van der Waals surface area (Å²) in [6.45, 7) is 1.56. The maximum absolute atomic E-state index is 15.0. The van der Waals surface area contributed by atoms with Gasteiger partial charge in [0.05, 0.1) is 5.75 Å². The van der Waals surface area contributed by atoms with E-state index in [4.69, 9.17) is 0 Å².